The quantitative estimate of drug-likeness (QED) is 0.596. The number of hydrogen-bond donors (Lipinski definition) is 3. The number of hydrogen-bond acceptors (Lipinski definition) is 5. The van der Waals surface area contributed by atoms with Crippen molar-refractivity contribution in [1.82, 2.24) is 9.55 Å². The SMILES string of the molecule is O=c1[nH]c(=O)n(C2CC[C@@H](CO)O2)cc1O. The molecule has 1 aromatic rings. The summed E-state index contributed by atoms with van der Waals surface area (Å²) in [4.78, 5) is 24.3. The molecule has 0 amide bonds. The maximum absolute atomic E-state index is 11.4. The van der Waals surface area contributed by atoms with Gasteiger partial charge in [0.25, 0.3) is 5.56 Å². The fourth-order valence-electron chi connectivity index (χ4n) is 1.71. The maximum Gasteiger partial charge on any atom is 0.330 e. The van der Waals surface area contributed by atoms with Crippen LogP contribution in [0.3, 0.4) is 0 Å². The van der Waals surface area contributed by atoms with E-state index in [0.29, 0.717) is 12.8 Å². The van der Waals surface area contributed by atoms with Crippen molar-refractivity contribution >= 4 is 0 Å². The molecule has 0 spiro atoms. The van der Waals surface area contributed by atoms with Gasteiger partial charge in [0.1, 0.15) is 6.23 Å². The summed E-state index contributed by atoms with van der Waals surface area (Å²) in [5.74, 6) is -0.532. The Balaban J connectivity index is 2.32. The van der Waals surface area contributed by atoms with Crippen LogP contribution < -0.4 is 11.2 Å². The van der Waals surface area contributed by atoms with Crippen LogP contribution in [0, 0.1) is 0 Å². The summed E-state index contributed by atoms with van der Waals surface area (Å²) in [6.45, 7) is -0.111. The zero-order chi connectivity index (χ0) is 11.7. The molecule has 1 aromatic heterocycles. The van der Waals surface area contributed by atoms with Gasteiger partial charge in [0.2, 0.25) is 0 Å². The standard InChI is InChI=1S/C9H12N2O5/c12-4-5-1-2-7(16-5)11-3-6(13)8(14)10-9(11)15/h3,5,7,12-13H,1-2,4H2,(H,10,14,15)/t5-,7?/m0/s1. The van der Waals surface area contributed by atoms with E-state index in [1.54, 1.807) is 0 Å². The number of rotatable bonds is 2. The van der Waals surface area contributed by atoms with Crippen molar-refractivity contribution in [2.45, 2.75) is 25.2 Å². The summed E-state index contributed by atoms with van der Waals surface area (Å²) in [5.41, 5.74) is -1.45. The van der Waals surface area contributed by atoms with E-state index in [-0.39, 0.29) is 12.7 Å². The topological polar surface area (TPSA) is 105 Å². The highest BCUT2D eigenvalue weighted by Crippen LogP contribution is 2.26. The van der Waals surface area contributed by atoms with Crippen molar-refractivity contribution in [2.75, 3.05) is 6.61 Å². The highest BCUT2D eigenvalue weighted by atomic mass is 16.5. The molecule has 3 N–H and O–H groups in total. The van der Waals surface area contributed by atoms with Crippen molar-refractivity contribution in [1.29, 1.82) is 0 Å². The summed E-state index contributed by atoms with van der Waals surface area (Å²) in [6.07, 6.45) is 1.38. The van der Waals surface area contributed by atoms with Crippen LogP contribution in [0.5, 0.6) is 5.75 Å². The first kappa shape index (κ1) is 10.9. The Hall–Kier alpha value is -1.60. The van der Waals surface area contributed by atoms with Crippen LogP contribution in [0.4, 0.5) is 0 Å². The van der Waals surface area contributed by atoms with E-state index in [2.05, 4.69) is 0 Å². The Labute approximate surface area is 89.9 Å². The molecule has 1 saturated heterocycles. The molecular formula is C9H12N2O5. The first-order valence-electron chi connectivity index (χ1n) is 4.92. The van der Waals surface area contributed by atoms with Gasteiger partial charge in [-0.2, -0.15) is 0 Å². The third kappa shape index (κ3) is 1.86. The molecule has 7 heteroatoms. The Morgan fingerprint density at radius 3 is 2.88 bits per heavy atom. The Morgan fingerprint density at radius 2 is 2.25 bits per heavy atom. The highest BCUT2D eigenvalue weighted by Gasteiger charge is 2.27. The van der Waals surface area contributed by atoms with E-state index in [9.17, 15) is 14.7 Å². The van der Waals surface area contributed by atoms with E-state index in [1.807, 2.05) is 4.98 Å². The minimum Gasteiger partial charge on any atom is -0.502 e. The van der Waals surface area contributed by atoms with Crippen molar-refractivity contribution in [3.63, 3.8) is 0 Å². The van der Waals surface area contributed by atoms with Gasteiger partial charge in [0.15, 0.2) is 5.75 Å². The molecule has 88 valence electrons. The van der Waals surface area contributed by atoms with Gasteiger partial charge in [-0.05, 0) is 12.8 Å². The van der Waals surface area contributed by atoms with Crippen LogP contribution in [0.2, 0.25) is 0 Å². The van der Waals surface area contributed by atoms with Gasteiger partial charge < -0.3 is 14.9 Å². The Kier molecular flexibility index (Phi) is 2.80. The lowest BCUT2D eigenvalue weighted by Gasteiger charge is -2.14. The Bertz CT molecular complexity index is 491. The van der Waals surface area contributed by atoms with Crippen molar-refractivity contribution in [2.24, 2.45) is 0 Å². The first-order valence-corrected chi connectivity index (χ1v) is 4.92. The normalized spacial score (nSPS) is 24.8. The average Bonchev–Trinajstić information content (AvgIpc) is 2.71. The second-order valence-electron chi connectivity index (χ2n) is 3.65. The molecule has 1 unspecified atom stereocenters. The smallest absolute Gasteiger partial charge is 0.330 e. The lowest BCUT2D eigenvalue weighted by atomic mass is 10.2. The molecule has 0 bridgehead atoms. The third-order valence-corrected chi connectivity index (χ3v) is 2.55. The molecule has 16 heavy (non-hydrogen) atoms. The van der Waals surface area contributed by atoms with E-state index in [1.165, 1.54) is 0 Å². The van der Waals surface area contributed by atoms with Crippen molar-refractivity contribution < 1.29 is 14.9 Å². The predicted molar refractivity (Wildman–Crippen MR) is 53.2 cm³/mol. The molecule has 0 saturated carbocycles. The molecule has 1 aliphatic rings. The van der Waals surface area contributed by atoms with Gasteiger partial charge in [0.05, 0.1) is 18.9 Å². The lowest BCUT2D eigenvalue weighted by Crippen LogP contribution is -2.32. The lowest BCUT2D eigenvalue weighted by molar-refractivity contribution is -0.0249. The van der Waals surface area contributed by atoms with Gasteiger partial charge in [-0.15, -0.1) is 0 Å². The second kappa shape index (κ2) is 4.11. The largest absolute Gasteiger partial charge is 0.502 e. The minimum absolute atomic E-state index is 0.111. The van der Waals surface area contributed by atoms with E-state index >= 15 is 0 Å². The maximum atomic E-state index is 11.4. The third-order valence-electron chi connectivity index (χ3n) is 2.55. The van der Waals surface area contributed by atoms with Gasteiger partial charge in [-0.1, -0.05) is 0 Å². The summed E-state index contributed by atoms with van der Waals surface area (Å²) in [7, 11) is 0. The Morgan fingerprint density at radius 1 is 1.50 bits per heavy atom. The zero-order valence-electron chi connectivity index (χ0n) is 8.42. The van der Waals surface area contributed by atoms with Crippen LogP contribution in [0.15, 0.2) is 15.8 Å². The number of nitrogens with zero attached hydrogens (tertiary/aromatic N) is 1. The number of aromatic nitrogens is 2. The average molecular weight is 228 g/mol. The van der Waals surface area contributed by atoms with Crippen molar-refractivity contribution in [3.8, 4) is 5.75 Å². The van der Waals surface area contributed by atoms with Crippen LogP contribution >= 0.6 is 0 Å². The summed E-state index contributed by atoms with van der Waals surface area (Å²) in [5, 5.41) is 18.1. The number of aliphatic hydroxyl groups excluding tert-OH is 1. The van der Waals surface area contributed by atoms with Crippen LogP contribution in [-0.4, -0.2) is 32.5 Å². The molecule has 0 aromatic carbocycles. The number of H-pyrrole nitrogens is 1. The monoisotopic (exact) mass is 228 g/mol. The number of nitrogens with one attached hydrogen (secondary N) is 1. The van der Waals surface area contributed by atoms with Crippen molar-refractivity contribution in [3.05, 3.63) is 27.0 Å². The number of aromatic hydroxyl groups is 1. The van der Waals surface area contributed by atoms with E-state index in [4.69, 9.17) is 9.84 Å². The molecule has 7 nitrogen and oxygen atoms in total. The zero-order valence-corrected chi connectivity index (χ0v) is 8.42. The summed E-state index contributed by atoms with van der Waals surface area (Å²) >= 11 is 0. The second-order valence-corrected chi connectivity index (χ2v) is 3.65. The molecule has 0 radical (unpaired) electrons. The fourth-order valence-corrected chi connectivity index (χ4v) is 1.71. The van der Waals surface area contributed by atoms with Crippen LogP contribution in [0.25, 0.3) is 0 Å². The number of aromatic amines is 1. The van der Waals surface area contributed by atoms with Crippen LogP contribution in [-0.2, 0) is 4.74 Å². The molecule has 2 heterocycles. The minimum atomic E-state index is -0.821. The predicted octanol–water partition coefficient (Wildman–Crippen LogP) is -1.09. The molecule has 1 aliphatic heterocycles. The fraction of sp³-hybridized carbons (Fsp3) is 0.556. The number of aliphatic hydroxyl groups is 1. The molecular weight excluding hydrogens is 216 g/mol. The molecule has 2 atom stereocenters. The molecule has 0 aliphatic carbocycles. The summed E-state index contributed by atoms with van der Waals surface area (Å²) in [6, 6.07) is 0. The van der Waals surface area contributed by atoms with E-state index < -0.39 is 23.2 Å². The van der Waals surface area contributed by atoms with Crippen LogP contribution in [0.1, 0.15) is 19.1 Å². The molecule has 2 rings (SSSR count). The molecule has 1 fully saturated rings. The summed E-state index contributed by atoms with van der Waals surface area (Å²) < 4.78 is 6.47. The number of ether oxygens (including phenoxy) is 1. The highest BCUT2D eigenvalue weighted by molar-refractivity contribution is 5.09. The van der Waals surface area contributed by atoms with Gasteiger partial charge in [-0.3, -0.25) is 14.3 Å². The van der Waals surface area contributed by atoms with Gasteiger partial charge in [-0.25, -0.2) is 4.79 Å². The van der Waals surface area contributed by atoms with Gasteiger partial charge in [0, 0.05) is 0 Å². The first-order chi connectivity index (χ1) is 7.61. The van der Waals surface area contributed by atoms with Gasteiger partial charge >= 0.3 is 5.69 Å². The van der Waals surface area contributed by atoms with E-state index in [0.717, 1.165) is 10.8 Å².